The van der Waals surface area contributed by atoms with E-state index in [9.17, 15) is 13.2 Å². The third-order valence-corrected chi connectivity index (χ3v) is 2.59. The number of alkyl halides is 3. The molecule has 106 valence electrons. The van der Waals surface area contributed by atoms with Crippen molar-refractivity contribution in [2.24, 2.45) is 5.16 Å². The molecular weight excluding hydrogens is 297 g/mol. The van der Waals surface area contributed by atoms with Gasteiger partial charge in [-0.2, -0.15) is 18.3 Å². The largest absolute Gasteiger partial charge is 0.417 e. The molecule has 0 aliphatic heterocycles. The summed E-state index contributed by atoms with van der Waals surface area (Å²) in [6.45, 7) is 0. The summed E-state index contributed by atoms with van der Waals surface area (Å²) >= 11 is 5.83. The van der Waals surface area contributed by atoms with E-state index in [0.29, 0.717) is 11.9 Å². The van der Waals surface area contributed by atoms with Gasteiger partial charge < -0.3 is 4.84 Å². The van der Waals surface area contributed by atoms with Crippen LogP contribution in [0.1, 0.15) is 11.3 Å². The maximum atomic E-state index is 12.5. The van der Waals surface area contributed by atoms with Crippen LogP contribution < -0.4 is 0 Å². The minimum absolute atomic E-state index is 0.0715. The molecule has 2 aromatic rings. The topological polar surface area (TPSA) is 52.3 Å². The van der Waals surface area contributed by atoms with Gasteiger partial charge in [-0.1, -0.05) is 16.8 Å². The summed E-state index contributed by atoms with van der Waals surface area (Å²) in [4.78, 5) is 8.23. The predicted molar refractivity (Wildman–Crippen MR) is 66.0 cm³/mol. The number of nitrogens with zero attached hydrogens (tertiary/aromatic N) is 4. The maximum Gasteiger partial charge on any atom is 0.417 e. The molecule has 0 fully saturated rings. The van der Waals surface area contributed by atoms with Crippen LogP contribution in [0.3, 0.4) is 0 Å². The van der Waals surface area contributed by atoms with Crippen molar-refractivity contribution in [3.63, 3.8) is 0 Å². The first kappa shape index (κ1) is 14.3. The molecule has 0 unspecified atom stereocenters. The van der Waals surface area contributed by atoms with Crippen molar-refractivity contribution in [1.82, 2.24) is 14.8 Å². The second-order valence-electron chi connectivity index (χ2n) is 3.61. The molecule has 0 radical (unpaired) electrons. The number of rotatable bonds is 3. The summed E-state index contributed by atoms with van der Waals surface area (Å²) in [5.74, 6) is 0.0715. The van der Waals surface area contributed by atoms with Gasteiger partial charge in [0.15, 0.2) is 5.82 Å². The molecule has 0 spiro atoms. The summed E-state index contributed by atoms with van der Waals surface area (Å²) in [6.07, 6.45) is -1.03. The van der Waals surface area contributed by atoms with Gasteiger partial charge in [-0.15, -0.1) is 0 Å². The minimum Gasteiger partial charge on any atom is -0.399 e. The molecule has 0 bridgehead atoms. The van der Waals surface area contributed by atoms with E-state index in [1.165, 1.54) is 24.2 Å². The van der Waals surface area contributed by atoms with E-state index >= 15 is 0 Å². The molecule has 0 aliphatic rings. The molecule has 2 heterocycles. The molecule has 2 aromatic heterocycles. The highest BCUT2D eigenvalue weighted by Crippen LogP contribution is 2.31. The van der Waals surface area contributed by atoms with Crippen LogP contribution in [-0.2, 0) is 11.0 Å². The highest BCUT2D eigenvalue weighted by atomic mass is 35.5. The average molecular weight is 305 g/mol. The predicted octanol–water partition coefficient (Wildman–Crippen LogP) is 2.92. The van der Waals surface area contributed by atoms with Crippen LogP contribution in [0.5, 0.6) is 0 Å². The van der Waals surface area contributed by atoms with Crippen LogP contribution in [0.4, 0.5) is 13.2 Å². The maximum absolute atomic E-state index is 12.5. The summed E-state index contributed by atoms with van der Waals surface area (Å²) in [5, 5.41) is 7.31. The number of hydrogen-bond acceptors (Lipinski definition) is 4. The molecule has 0 saturated carbocycles. The average Bonchev–Trinajstić information content (AvgIpc) is 2.83. The van der Waals surface area contributed by atoms with Crippen LogP contribution in [-0.4, -0.2) is 28.1 Å². The van der Waals surface area contributed by atoms with Gasteiger partial charge in [-0.25, -0.2) is 9.67 Å². The van der Waals surface area contributed by atoms with Crippen LogP contribution in [0.15, 0.2) is 29.7 Å². The van der Waals surface area contributed by atoms with Gasteiger partial charge in [0.25, 0.3) is 0 Å². The first-order valence-corrected chi connectivity index (χ1v) is 5.65. The van der Waals surface area contributed by atoms with E-state index in [0.717, 1.165) is 6.07 Å². The Morgan fingerprint density at radius 2 is 2.20 bits per heavy atom. The number of halogens is 4. The Bertz CT molecular complexity index is 639. The lowest BCUT2D eigenvalue weighted by atomic mass is 10.3. The van der Waals surface area contributed by atoms with E-state index in [-0.39, 0.29) is 10.8 Å². The van der Waals surface area contributed by atoms with Gasteiger partial charge in [0.1, 0.15) is 7.11 Å². The van der Waals surface area contributed by atoms with Gasteiger partial charge in [0.2, 0.25) is 0 Å². The van der Waals surface area contributed by atoms with Crippen molar-refractivity contribution >= 4 is 17.8 Å². The lowest BCUT2D eigenvalue weighted by molar-refractivity contribution is -0.137. The van der Waals surface area contributed by atoms with Crippen molar-refractivity contribution in [2.45, 2.75) is 6.18 Å². The normalized spacial score (nSPS) is 12.1. The zero-order valence-corrected chi connectivity index (χ0v) is 10.9. The van der Waals surface area contributed by atoms with Gasteiger partial charge in [0, 0.05) is 6.20 Å². The Hall–Kier alpha value is -2.09. The van der Waals surface area contributed by atoms with Crippen molar-refractivity contribution in [1.29, 1.82) is 0 Å². The molecule has 0 aromatic carbocycles. The molecule has 5 nitrogen and oxygen atoms in total. The number of oxime groups is 1. The van der Waals surface area contributed by atoms with Crippen LogP contribution in [0, 0.1) is 0 Å². The number of aromatic nitrogens is 3. The Labute approximate surface area is 116 Å². The van der Waals surface area contributed by atoms with E-state index in [1.807, 2.05) is 0 Å². The first-order valence-electron chi connectivity index (χ1n) is 5.27. The van der Waals surface area contributed by atoms with Gasteiger partial charge in [-0.3, -0.25) is 0 Å². The molecule has 0 N–H and O–H groups in total. The van der Waals surface area contributed by atoms with E-state index in [4.69, 9.17) is 11.6 Å². The summed E-state index contributed by atoms with van der Waals surface area (Å²) < 4.78 is 38.8. The van der Waals surface area contributed by atoms with Crippen molar-refractivity contribution in [2.75, 3.05) is 7.11 Å². The lowest BCUT2D eigenvalue weighted by Crippen LogP contribution is -2.09. The fourth-order valence-electron chi connectivity index (χ4n) is 1.44. The van der Waals surface area contributed by atoms with Gasteiger partial charge in [0.05, 0.1) is 28.7 Å². The summed E-state index contributed by atoms with van der Waals surface area (Å²) in [5.41, 5.74) is -0.466. The van der Waals surface area contributed by atoms with Gasteiger partial charge >= 0.3 is 6.18 Å². The molecular formula is C11H8ClF3N4O. The monoisotopic (exact) mass is 304 g/mol. The molecule has 2 rings (SSSR count). The van der Waals surface area contributed by atoms with Gasteiger partial charge in [-0.05, 0) is 12.1 Å². The SMILES string of the molecule is CO/N=C/c1ccnn1-c1ncc(C(F)(F)F)cc1Cl. The van der Waals surface area contributed by atoms with Crippen LogP contribution >= 0.6 is 11.6 Å². The smallest absolute Gasteiger partial charge is 0.399 e. The number of hydrogen-bond donors (Lipinski definition) is 0. The van der Waals surface area contributed by atoms with Crippen molar-refractivity contribution in [3.8, 4) is 5.82 Å². The second kappa shape index (κ2) is 5.49. The number of pyridine rings is 1. The third kappa shape index (κ3) is 2.90. The fraction of sp³-hybridized carbons (Fsp3) is 0.182. The van der Waals surface area contributed by atoms with E-state index < -0.39 is 11.7 Å². The minimum atomic E-state index is -4.50. The Morgan fingerprint density at radius 3 is 2.80 bits per heavy atom. The second-order valence-corrected chi connectivity index (χ2v) is 4.02. The molecule has 20 heavy (non-hydrogen) atoms. The molecule has 0 aliphatic carbocycles. The summed E-state index contributed by atoms with van der Waals surface area (Å²) in [7, 11) is 1.36. The Kier molecular flexibility index (Phi) is 3.93. The van der Waals surface area contributed by atoms with Crippen molar-refractivity contribution in [3.05, 3.63) is 40.8 Å². The molecule has 0 saturated heterocycles. The summed E-state index contributed by atoms with van der Waals surface area (Å²) in [6, 6.07) is 2.38. The van der Waals surface area contributed by atoms with E-state index in [1.54, 1.807) is 6.07 Å². The lowest BCUT2D eigenvalue weighted by Gasteiger charge is -2.09. The molecule has 0 atom stereocenters. The van der Waals surface area contributed by atoms with Crippen LogP contribution in [0.2, 0.25) is 5.02 Å². The Morgan fingerprint density at radius 1 is 1.45 bits per heavy atom. The molecule has 9 heteroatoms. The highest BCUT2D eigenvalue weighted by Gasteiger charge is 2.31. The molecule has 0 amide bonds. The zero-order chi connectivity index (χ0) is 14.8. The Balaban J connectivity index is 2.44. The van der Waals surface area contributed by atoms with Crippen molar-refractivity contribution < 1.29 is 18.0 Å². The highest BCUT2D eigenvalue weighted by molar-refractivity contribution is 6.32. The standard InChI is InChI=1S/C11H8ClF3N4O/c1-20-18-6-8-2-3-17-19(8)10-9(12)4-7(5-16-10)11(13,14)15/h2-6H,1H3/b18-6+. The quantitative estimate of drug-likeness (QED) is 0.647. The zero-order valence-electron chi connectivity index (χ0n) is 10.1. The van der Waals surface area contributed by atoms with E-state index in [2.05, 4.69) is 20.1 Å². The first-order chi connectivity index (χ1) is 9.43. The fourth-order valence-corrected chi connectivity index (χ4v) is 1.68. The third-order valence-electron chi connectivity index (χ3n) is 2.31. The van der Waals surface area contributed by atoms with Crippen LogP contribution in [0.25, 0.3) is 5.82 Å².